The van der Waals surface area contributed by atoms with Crippen LogP contribution in [-0.2, 0) is 7.05 Å². The predicted molar refractivity (Wildman–Crippen MR) is 75.5 cm³/mol. The number of benzene rings is 1. The van der Waals surface area contributed by atoms with Crippen LogP contribution in [0.1, 0.15) is 16.1 Å². The summed E-state index contributed by atoms with van der Waals surface area (Å²) in [4.78, 5) is 16.6. The van der Waals surface area contributed by atoms with Crippen molar-refractivity contribution in [3.63, 3.8) is 0 Å². The number of nitrogens with zero attached hydrogens (tertiary/aromatic N) is 3. The molecular formula is C13H12N4OS. The normalized spacial score (nSPS) is 10.8. The molecule has 3 rings (SSSR count). The molecule has 5 nitrogen and oxygen atoms in total. The van der Waals surface area contributed by atoms with Gasteiger partial charge in [0.15, 0.2) is 5.13 Å². The number of fused-ring (bicyclic) bond motifs is 1. The fourth-order valence-electron chi connectivity index (χ4n) is 1.96. The van der Waals surface area contributed by atoms with Crippen molar-refractivity contribution in [3.8, 4) is 0 Å². The highest BCUT2D eigenvalue weighted by Gasteiger charge is 2.15. The molecule has 1 N–H and O–H groups in total. The van der Waals surface area contributed by atoms with Crippen LogP contribution in [-0.4, -0.2) is 20.7 Å². The van der Waals surface area contributed by atoms with Gasteiger partial charge in [0.25, 0.3) is 5.91 Å². The van der Waals surface area contributed by atoms with Gasteiger partial charge in [-0.25, -0.2) is 4.98 Å². The summed E-state index contributed by atoms with van der Waals surface area (Å²) in [5.74, 6) is -0.184. The number of para-hydroxylation sites is 1. The summed E-state index contributed by atoms with van der Waals surface area (Å²) in [6, 6.07) is 7.80. The topological polar surface area (TPSA) is 59.8 Å². The molecule has 0 atom stereocenters. The number of amides is 1. The number of hydrogen-bond acceptors (Lipinski definition) is 4. The molecule has 2 aromatic heterocycles. The molecule has 0 aliphatic carbocycles. The van der Waals surface area contributed by atoms with Crippen LogP contribution in [0.3, 0.4) is 0 Å². The maximum atomic E-state index is 12.2. The van der Waals surface area contributed by atoms with Gasteiger partial charge in [0.2, 0.25) is 0 Å². The third-order valence-corrected chi connectivity index (χ3v) is 3.80. The van der Waals surface area contributed by atoms with Gasteiger partial charge >= 0.3 is 0 Å². The molecule has 3 aromatic rings. The van der Waals surface area contributed by atoms with Crippen LogP contribution in [0.2, 0.25) is 0 Å². The van der Waals surface area contributed by atoms with Crippen LogP contribution in [0.5, 0.6) is 0 Å². The van der Waals surface area contributed by atoms with Crippen LogP contribution >= 0.6 is 11.3 Å². The molecule has 1 aromatic carbocycles. The Labute approximate surface area is 113 Å². The zero-order valence-electron chi connectivity index (χ0n) is 10.5. The number of carbonyl (C=O) groups is 1. The van der Waals surface area contributed by atoms with Crippen molar-refractivity contribution >= 4 is 32.6 Å². The first kappa shape index (κ1) is 11.9. The van der Waals surface area contributed by atoms with Crippen molar-refractivity contribution in [3.05, 3.63) is 41.7 Å². The molecule has 0 spiro atoms. The third-order valence-electron chi connectivity index (χ3n) is 2.85. The average Bonchev–Trinajstić information content (AvgIpc) is 2.92. The predicted octanol–water partition coefficient (Wildman–Crippen LogP) is 2.59. The van der Waals surface area contributed by atoms with Crippen molar-refractivity contribution < 1.29 is 4.79 Å². The van der Waals surface area contributed by atoms with E-state index >= 15 is 0 Å². The quantitative estimate of drug-likeness (QED) is 0.780. The van der Waals surface area contributed by atoms with Gasteiger partial charge < -0.3 is 0 Å². The summed E-state index contributed by atoms with van der Waals surface area (Å²) >= 11 is 1.46. The third kappa shape index (κ3) is 2.10. The zero-order valence-corrected chi connectivity index (χ0v) is 11.4. The van der Waals surface area contributed by atoms with Gasteiger partial charge in [-0.1, -0.05) is 23.5 Å². The Balaban J connectivity index is 1.91. The molecule has 0 saturated carbocycles. The summed E-state index contributed by atoms with van der Waals surface area (Å²) in [5, 5.41) is 7.49. The number of aromatic nitrogens is 3. The highest BCUT2D eigenvalue weighted by atomic mass is 32.1. The minimum Gasteiger partial charge on any atom is -0.296 e. The van der Waals surface area contributed by atoms with E-state index in [4.69, 9.17) is 0 Å². The lowest BCUT2D eigenvalue weighted by Gasteiger charge is -2.02. The standard InChI is InChI=1S/C13H12N4OS/c1-8-7-14-17(2)11(8)12(18)16-13-15-9-5-3-4-6-10(9)19-13/h3-7H,1-2H3,(H,15,16,18). The van der Waals surface area contributed by atoms with Crippen molar-refractivity contribution in [2.75, 3.05) is 5.32 Å². The highest BCUT2D eigenvalue weighted by molar-refractivity contribution is 7.22. The maximum Gasteiger partial charge on any atom is 0.275 e. The van der Waals surface area contributed by atoms with E-state index < -0.39 is 0 Å². The summed E-state index contributed by atoms with van der Waals surface area (Å²) in [6.45, 7) is 1.86. The van der Waals surface area contributed by atoms with E-state index in [0.717, 1.165) is 15.8 Å². The van der Waals surface area contributed by atoms with Gasteiger partial charge in [-0.05, 0) is 24.6 Å². The summed E-state index contributed by atoms with van der Waals surface area (Å²) < 4.78 is 2.62. The Kier molecular flexibility index (Phi) is 2.79. The molecule has 2 heterocycles. The first-order chi connectivity index (χ1) is 9.15. The number of aryl methyl sites for hydroxylation is 2. The smallest absolute Gasteiger partial charge is 0.275 e. The van der Waals surface area contributed by atoms with E-state index in [0.29, 0.717) is 10.8 Å². The van der Waals surface area contributed by atoms with E-state index in [1.54, 1.807) is 17.9 Å². The lowest BCUT2D eigenvalue weighted by molar-refractivity contribution is 0.101. The second kappa shape index (κ2) is 4.47. The second-order valence-electron chi connectivity index (χ2n) is 4.24. The van der Waals surface area contributed by atoms with E-state index in [2.05, 4.69) is 15.4 Å². The number of hydrogen-bond donors (Lipinski definition) is 1. The van der Waals surface area contributed by atoms with E-state index in [9.17, 15) is 4.79 Å². The largest absolute Gasteiger partial charge is 0.296 e. The molecule has 0 saturated heterocycles. The van der Waals surface area contributed by atoms with Crippen molar-refractivity contribution in [1.29, 1.82) is 0 Å². The van der Waals surface area contributed by atoms with Gasteiger partial charge in [-0.15, -0.1) is 0 Å². The first-order valence-electron chi connectivity index (χ1n) is 5.80. The summed E-state index contributed by atoms with van der Waals surface area (Å²) in [5.41, 5.74) is 2.30. The lowest BCUT2D eigenvalue weighted by Crippen LogP contribution is -2.17. The van der Waals surface area contributed by atoms with Gasteiger partial charge in [-0.3, -0.25) is 14.8 Å². The number of carbonyl (C=O) groups excluding carboxylic acids is 1. The van der Waals surface area contributed by atoms with E-state index in [-0.39, 0.29) is 5.91 Å². The van der Waals surface area contributed by atoms with Crippen LogP contribution in [0.4, 0.5) is 5.13 Å². The Morgan fingerprint density at radius 1 is 1.37 bits per heavy atom. The van der Waals surface area contributed by atoms with Gasteiger partial charge in [0.1, 0.15) is 5.69 Å². The zero-order chi connectivity index (χ0) is 13.4. The molecule has 1 amide bonds. The number of anilines is 1. The van der Waals surface area contributed by atoms with E-state index in [1.807, 2.05) is 31.2 Å². The average molecular weight is 272 g/mol. The second-order valence-corrected chi connectivity index (χ2v) is 5.27. The fraction of sp³-hybridized carbons (Fsp3) is 0.154. The van der Waals surface area contributed by atoms with Crippen molar-refractivity contribution in [2.45, 2.75) is 6.92 Å². The molecular weight excluding hydrogens is 260 g/mol. The van der Waals surface area contributed by atoms with Gasteiger partial charge in [0, 0.05) is 7.05 Å². The van der Waals surface area contributed by atoms with Gasteiger partial charge in [-0.2, -0.15) is 5.10 Å². The van der Waals surface area contributed by atoms with E-state index in [1.165, 1.54) is 11.3 Å². The van der Waals surface area contributed by atoms with Crippen LogP contribution < -0.4 is 5.32 Å². The minimum absolute atomic E-state index is 0.184. The monoisotopic (exact) mass is 272 g/mol. The number of rotatable bonds is 2. The Hall–Kier alpha value is -2.21. The molecule has 0 aliphatic heterocycles. The first-order valence-corrected chi connectivity index (χ1v) is 6.62. The number of thiazole rings is 1. The molecule has 0 radical (unpaired) electrons. The van der Waals surface area contributed by atoms with Gasteiger partial charge in [0.05, 0.1) is 16.4 Å². The minimum atomic E-state index is -0.184. The lowest BCUT2D eigenvalue weighted by atomic mass is 10.2. The van der Waals surface area contributed by atoms with Crippen molar-refractivity contribution in [1.82, 2.24) is 14.8 Å². The SMILES string of the molecule is Cc1cnn(C)c1C(=O)Nc1nc2ccccc2s1. The number of nitrogens with one attached hydrogen (secondary N) is 1. The Morgan fingerprint density at radius 2 is 2.16 bits per heavy atom. The molecule has 6 heteroatoms. The van der Waals surface area contributed by atoms with Crippen LogP contribution in [0.25, 0.3) is 10.2 Å². The summed E-state index contributed by atoms with van der Waals surface area (Å²) in [7, 11) is 1.75. The van der Waals surface area contributed by atoms with Crippen LogP contribution in [0, 0.1) is 6.92 Å². The maximum absolute atomic E-state index is 12.2. The molecule has 0 unspecified atom stereocenters. The van der Waals surface area contributed by atoms with Crippen molar-refractivity contribution in [2.24, 2.45) is 7.05 Å². The molecule has 0 aliphatic rings. The molecule has 0 bridgehead atoms. The Morgan fingerprint density at radius 3 is 2.84 bits per heavy atom. The summed E-state index contributed by atoms with van der Waals surface area (Å²) in [6.07, 6.45) is 1.67. The Bertz CT molecular complexity index is 706. The fourth-order valence-corrected chi connectivity index (χ4v) is 2.82. The molecule has 19 heavy (non-hydrogen) atoms. The highest BCUT2D eigenvalue weighted by Crippen LogP contribution is 2.25. The molecule has 0 fully saturated rings. The molecule has 96 valence electrons. The van der Waals surface area contributed by atoms with Crippen LogP contribution in [0.15, 0.2) is 30.5 Å².